The van der Waals surface area contributed by atoms with Crippen LogP contribution in [-0.2, 0) is 0 Å². The molecule has 3 nitrogen and oxygen atoms in total. The van der Waals surface area contributed by atoms with Gasteiger partial charge in [-0.2, -0.15) is 0 Å². The maximum atomic E-state index is 10.1. The molecule has 0 saturated carbocycles. The van der Waals surface area contributed by atoms with Crippen LogP contribution in [0.3, 0.4) is 0 Å². The van der Waals surface area contributed by atoms with Crippen molar-refractivity contribution in [2.75, 3.05) is 19.6 Å². The van der Waals surface area contributed by atoms with E-state index in [9.17, 15) is 5.11 Å². The lowest BCUT2D eigenvalue weighted by atomic mass is 10.1. The van der Waals surface area contributed by atoms with Crippen molar-refractivity contribution in [3.63, 3.8) is 0 Å². The summed E-state index contributed by atoms with van der Waals surface area (Å²) in [6.45, 7) is 9.08. The molecule has 24 heavy (non-hydrogen) atoms. The lowest BCUT2D eigenvalue weighted by molar-refractivity contribution is -0.882. The topological polar surface area (TPSA) is 32.6 Å². The van der Waals surface area contributed by atoms with Crippen molar-refractivity contribution in [3.05, 3.63) is 12.2 Å². The zero-order valence-corrected chi connectivity index (χ0v) is 16.5. The number of aliphatic hydroxyl groups excluding tert-OH is 1. The van der Waals surface area contributed by atoms with E-state index in [1.807, 2.05) is 6.92 Å². The molecule has 140 valence electrons. The molecule has 0 spiro atoms. The number of hydrogen-bond acceptors (Lipinski definition) is 2. The van der Waals surface area contributed by atoms with E-state index in [2.05, 4.69) is 31.0 Å². The van der Waals surface area contributed by atoms with Gasteiger partial charge in [0, 0.05) is 6.92 Å². The maximum Gasteiger partial charge on any atom is 0.204 e. The number of unbranched alkanes of at least 4 members (excludes halogenated alkanes) is 9. The molecule has 2 unspecified atom stereocenters. The first-order valence-corrected chi connectivity index (χ1v) is 10.4. The predicted molar refractivity (Wildman–Crippen MR) is 105 cm³/mol. The van der Waals surface area contributed by atoms with E-state index in [4.69, 9.17) is 0 Å². The fourth-order valence-electron chi connectivity index (χ4n) is 3.76. The number of nitrogens with zero attached hydrogens (tertiary/aromatic N) is 2. The summed E-state index contributed by atoms with van der Waals surface area (Å²) >= 11 is 0. The molecule has 1 aliphatic rings. The molecule has 0 aliphatic carbocycles. The van der Waals surface area contributed by atoms with Gasteiger partial charge in [-0.3, -0.25) is 4.48 Å². The monoisotopic (exact) mass is 337 g/mol. The lowest BCUT2D eigenvalue weighted by Crippen LogP contribution is -2.56. The van der Waals surface area contributed by atoms with Crippen molar-refractivity contribution >= 4 is 5.84 Å². The van der Waals surface area contributed by atoms with E-state index >= 15 is 0 Å². The molecule has 0 aromatic carbocycles. The third kappa shape index (κ3) is 7.06. The minimum Gasteiger partial charge on any atom is -0.345 e. The highest BCUT2D eigenvalue weighted by molar-refractivity contribution is 5.78. The van der Waals surface area contributed by atoms with Crippen molar-refractivity contribution in [2.24, 2.45) is 4.99 Å². The van der Waals surface area contributed by atoms with Gasteiger partial charge < -0.3 is 5.11 Å². The van der Waals surface area contributed by atoms with Gasteiger partial charge in [-0.25, -0.2) is 4.99 Å². The van der Waals surface area contributed by atoms with Gasteiger partial charge in [-0.1, -0.05) is 70.4 Å². The molecular formula is C21H41N2O+. The molecule has 1 rings (SSSR count). The SMILES string of the molecule is CCCCCCCCCCC/C=C/CC1=NCC[N+]1(CC)C(C)O. The molecule has 0 fully saturated rings. The molecule has 0 radical (unpaired) electrons. The van der Waals surface area contributed by atoms with Gasteiger partial charge in [0.05, 0.1) is 19.5 Å². The Hall–Kier alpha value is -0.670. The highest BCUT2D eigenvalue weighted by atomic mass is 16.3. The number of aliphatic imine (C=N–C) groups is 1. The fourth-order valence-corrected chi connectivity index (χ4v) is 3.76. The second-order valence-electron chi connectivity index (χ2n) is 7.30. The minimum absolute atomic E-state index is 0.345. The largest absolute Gasteiger partial charge is 0.345 e. The highest BCUT2D eigenvalue weighted by Crippen LogP contribution is 2.21. The van der Waals surface area contributed by atoms with Gasteiger partial charge >= 0.3 is 0 Å². The molecule has 2 atom stereocenters. The Morgan fingerprint density at radius 1 is 1.00 bits per heavy atom. The summed E-state index contributed by atoms with van der Waals surface area (Å²) in [6, 6.07) is 0. The smallest absolute Gasteiger partial charge is 0.204 e. The number of aliphatic hydroxyl groups is 1. The normalized spacial score (nSPS) is 22.2. The molecule has 1 heterocycles. The summed E-state index contributed by atoms with van der Waals surface area (Å²) in [6.07, 6.45) is 18.8. The average Bonchev–Trinajstić information content (AvgIpc) is 3.00. The molecular weight excluding hydrogens is 296 g/mol. The molecule has 0 amide bonds. The highest BCUT2D eigenvalue weighted by Gasteiger charge is 2.39. The summed E-state index contributed by atoms with van der Waals surface area (Å²) < 4.78 is 0.669. The number of hydrogen-bond donors (Lipinski definition) is 1. The second-order valence-corrected chi connectivity index (χ2v) is 7.30. The van der Waals surface area contributed by atoms with E-state index in [0.717, 1.165) is 31.9 Å². The lowest BCUT2D eigenvalue weighted by Gasteiger charge is -2.35. The average molecular weight is 338 g/mol. The van der Waals surface area contributed by atoms with Crippen LogP contribution in [0, 0.1) is 0 Å². The number of amidine groups is 1. The van der Waals surface area contributed by atoms with Crippen molar-refractivity contribution in [2.45, 2.75) is 97.6 Å². The van der Waals surface area contributed by atoms with Crippen LogP contribution in [0.25, 0.3) is 0 Å². The Kier molecular flexibility index (Phi) is 11.3. The van der Waals surface area contributed by atoms with Crippen LogP contribution in [0.4, 0.5) is 0 Å². The van der Waals surface area contributed by atoms with Crippen molar-refractivity contribution < 1.29 is 9.59 Å². The Balaban J connectivity index is 2.08. The van der Waals surface area contributed by atoms with E-state index in [0.29, 0.717) is 4.48 Å². The van der Waals surface area contributed by atoms with Crippen molar-refractivity contribution in [1.82, 2.24) is 0 Å². The van der Waals surface area contributed by atoms with Crippen LogP contribution in [0.15, 0.2) is 17.1 Å². The zero-order chi connectivity index (χ0) is 17.7. The quantitative estimate of drug-likeness (QED) is 0.255. The number of allylic oxidation sites excluding steroid dienone is 1. The Morgan fingerprint density at radius 3 is 2.21 bits per heavy atom. The van der Waals surface area contributed by atoms with Crippen molar-refractivity contribution in [1.29, 1.82) is 0 Å². The standard InChI is InChI=1S/C21H41N2O/c1-4-6-7-8-9-10-11-12-13-14-15-16-17-21-22-18-19-23(21,5-2)20(3)24/h15-16,20,24H,4-14,17-19H2,1-3H3/q+1/b16-15+. The summed E-state index contributed by atoms with van der Waals surface area (Å²) in [4.78, 5) is 4.65. The second kappa shape index (κ2) is 12.7. The van der Waals surface area contributed by atoms with E-state index in [1.165, 1.54) is 64.2 Å². The first-order chi connectivity index (χ1) is 11.7. The number of rotatable bonds is 14. The van der Waals surface area contributed by atoms with Gasteiger partial charge in [-0.15, -0.1) is 0 Å². The molecule has 1 aliphatic heterocycles. The predicted octanol–water partition coefficient (Wildman–Crippen LogP) is 5.44. The third-order valence-electron chi connectivity index (χ3n) is 5.53. The van der Waals surface area contributed by atoms with E-state index in [1.54, 1.807) is 0 Å². The Labute approximate surface area is 150 Å². The van der Waals surface area contributed by atoms with Gasteiger partial charge in [0.2, 0.25) is 5.84 Å². The van der Waals surface area contributed by atoms with Gasteiger partial charge in [-0.05, 0) is 19.8 Å². The van der Waals surface area contributed by atoms with Gasteiger partial charge in [0.15, 0.2) is 6.23 Å². The third-order valence-corrected chi connectivity index (χ3v) is 5.53. The van der Waals surface area contributed by atoms with Crippen LogP contribution >= 0.6 is 0 Å². The van der Waals surface area contributed by atoms with E-state index in [-0.39, 0.29) is 6.23 Å². The molecule has 0 aromatic heterocycles. The maximum absolute atomic E-state index is 10.1. The molecule has 0 aromatic rings. The van der Waals surface area contributed by atoms with Crippen LogP contribution in [0.5, 0.6) is 0 Å². The summed E-state index contributed by atoms with van der Waals surface area (Å²) in [5.74, 6) is 1.16. The Bertz CT molecular complexity index is 376. The molecule has 1 N–H and O–H groups in total. The number of likely N-dealkylation sites (N-methyl/N-ethyl adjacent to an activating group) is 1. The molecule has 0 saturated heterocycles. The fraction of sp³-hybridized carbons (Fsp3) is 0.857. The summed E-state index contributed by atoms with van der Waals surface area (Å²) in [5, 5.41) is 10.1. The van der Waals surface area contributed by atoms with Crippen LogP contribution < -0.4 is 0 Å². The van der Waals surface area contributed by atoms with E-state index < -0.39 is 0 Å². The zero-order valence-electron chi connectivity index (χ0n) is 16.5. The first kappa shape index (κ1) is 21.4. The van der Waals surface area contributed by atoms with Crippen LogP contribution in [-0.4, -0.2) is 41.3 Å². The molecule has 0 bridgehead atoms. The van der Waals surface area contributed by atoms with Gasteiger partial charge in [0.25, 0.3) is 0 Å². The first-order valence-electron chi connectivity index (χ1n) is 10.4. The summed E-state index contributed by atoms with van der Waals surface area (Å²) in [5.41, 5.74) is 0. The minimum atomic E-state index is -0.345. The van der Waals surface area contributed by atoms with Crippen LogP contribution in [0.2, 0.25) is 0 Å². The van der Waals surface area contributed by atoms with Gasteiger partial charge in [0.1, 0.15) is 6.54 Å². The molecule has 3 heteroatoms. The summed E-state index contributed by atoms with van der Waals surface area (Å²) in [7, 11) is 0. The van der Waals surface area contributed by atoms with Crippen molar-refractivity contribution in [3.8, 4) is 0 Å². The Morgan fingerprint density at radius 2 is 1.62 bits per heavy atom. The number of quaternary nitrogens is 1. The van der Waals surface area contributed by atoms with Crippen LogP contribution in [0.1, 0.15) is 91.4 Å².